The molecule has 4 heterocycles. The van der Waals surface area contributed by atoms with Gasteiger partial charge >= 0.3 is 0 Å². The summed E-state index contributed by atoms with van der Waals surface area (Å²) >= 11 is 0. The highest BCUT2D eigenvalue weighted by atomic mass is 19.3. The van der Waals surface area contributed by atoms with E-state index in [0.29, 0.717) is 44.9 Å². The first kappa shape index (κ1) is 23.7. The maximum Gasteiger partial charge on any atom is 0.290 e. The average molecular weight is 498 g/mol. The van der Waals surface area contributed by atoms with E-state index in [-0.39, 0.29) is 24.4 Å². The summed E-state index contributed by atoms with van der Waals surface area (Å²) in [6.07, 6.45) is 1.02. The number of carbonyl (C=O) groups is 2. The molecule has 9 nitrogen and oxygen atoms in total. The number of aliphatic hydroxyl groups excluding tert-OH is 1. The Labute approximate surface area is 204 Å². The molecule has 11 heteroatoms. The first-order valence-corrected chi connectivity index (χ1v) is 11.4. The van der Waals surface area contributed by atoms with Gasteiger partial charge in [0.15, 0.2) is 5.75 Å². The number of nitrogens with one attached hydrogen (secondary N) is 1. The molecule has 5 rings (SSSR count). The van der Waals surface area contributed by atoms with Gasteiger partial charge in [-0.15, -0.1) is 0 Å². The smallest absolute Gasteiger partial charge is 0.290 e. The molecule has 0 unspecified atom stereocenters. The van der Waals surface area contributed by atoms with Crippen molar-refractivity contribution in [3.8, 4) is 11.5 Å². The van der Waals surface area contributed by atoms with Crippen LogP contribution in [0.1, 0.15) is 38.5 Å². The number of fused-ring (bicyclic) bond motifs is 2. The summed E-state index contributed by atoms with van der Waals surface area (Å²) in [6, 6.07) is 6.73. The van der Waals surface area contributed by atoms with Gasteiger partial charge in [-0.25, -0.2) is 13.3 Å². The number of nitrogens with zero attached hydrogens (tertiary/aromatic N) is 3. The molecule has 1 aliphatic rings. The van der Waals surface area contributed by atoms with Crippen LogP contribution in [0, 0.1) is 13.8 Å². The van der Waals surface area contributed by atoms with Crippen LogP contribution in [0.4, 0.5) is 8.78 Å². The number of piperidine rings is 1. The molecule has 1 atom stereocenters. The Bertz CT molecular complexity index is 1510. The predicted molar refractivity (Wildman–Crippen MR) is 126 cm³/mol. The SMILES string of the molecule is CNC(=O)c1c(C)oc2cc(Oc3ccnn4cc(C(=O)N5CC[C@@H](O)C(F)(F)C5)c(C)c34)ccc12. The number of aryl methyl sites for hydroxylation is 2. The van der Waals surface area contributed by atoms with Gasteiger partial charge in [0, 0.05) is 37.3 Å². The van der Waals surface area contributed by atoms with Crippen LogP contribution >= 0.6 is 0 Å². The second kappa shape index (κ2) is 8.59. The molecule has 188 valence electrons. The van der Waals surface area contributed by atoms with Crippen molar-refractivity contribution in [2.75, 3.05) is 20.1 Å². The number of carbonyl (C=O) groups excluding carboxylic acids is 2. The van der Waals surface area contributed by atoms with Crippen molar-refractivity contribution in [1.82, 2.24) is 19.8 Å². The maximum atomic E-state index is 14.0. The number of amides is 2. The standard InChI is InChI=1S/C25H24F2N4O5/c1-13-17(24(34)30-9-7-20(32)25(26,27)12-30)11-31-22(13)18(6-8-29-31)36-15-4-5-16-19(10-15)35-14(2)21(16)23(33)28-3/h4-6,8,10-11,20,32H,7,9,12H2,1-3H3,(H,28,33)/t20-/m1/s1. The van der Waals surface area contributed by atoms with Crippen LogP contribution in [-0.2, 0) is 0 Å². The molecular formula is C25H24F2N4O5. The quantitative estimate of drug-likeness (QED) is 0.444. The second-order valence-electron chi connectivity index (χ2n) is 8.82. The lowest BCUT2D eigenvalue weighted by atomic mass is 10.0. The molecule has 2 amide bonds. The molecule has 1 aromatic carbocycles. The summed E-state index contributed by atoms with van der Waals surface area (Å²) in [7, 11) is 1.55. The van der Waals surface area contributed by atoms with E-state index >= 15 is 0 Å². The third-order valence-corrected chi connectivity index (χ3v) is 6.49. The summed E-state index contributed by atoms with van der Waals surface area (Å²) in [4.78, 5) is 26.3. The number of hydrogen-bond donors (Lipinski definition) is 2. The molecule has 1 fully saturated rings. The van der Waals surface area contributed by atoms with E-state index in [1.165, 1.54) is 16.9 Å². The van der Waals surface area contributed by atoms with Crippen LogP contribution in [-0.4, -0.2) is 63.6 Å². The fourth-order valence-electron chi connectivity index (χ4n) is 4.59. The van der Waals surface area contributed by atoms with Gasteiger partial charge in [0.2, 0.25) is 0 Å². The third-order valence-electron chi connectivity index (χ3n) is 6.49. The highest BCUT2D eigenvalue weighted by Gasteiger charge is 2.45. The molecule has 1 saturated heterocycles. The summed E-state index contributed by atoms with van der Waals surface area (Å²) in [6.45, 7) is 2.58. The summed E-state index contributed by atoms with van der Waals surface area (Å²) in [5.41, 5.74) is 2.18. The number of halogens is 2. The molecule has 1 aliphatic heterocycles. The minimum Gasteiger partial charge on any atom is -0.460 e. The highest BCUT2D eigenvalue weighted by Crippen LogP contribution is 2.35. The first-order valence-electron chi connectivity index (χ1n) is 11.4. The van der Waals surface area contributed by atoms with Crippen molar-refractivity contribution in [2.45, 2.75) is 32.3 Å². The van der Waals surface area contributed by atoms with E-state index in [1.54, 1.807) is 45.2 Å². The van der Waals surface area contributed by atoms with E-state index in [0.717, 1.165) is 4.90 Å². The van der Waals surface area contributed by atoms with E-state index in [1.807, 2.05) is 0 Å². The summed E-state index contributed by atoms with van der Waals surface area (Å²) in [5.74, 6) is -2.87. The fourth-order valence-corrected chi connectivity index (χ4v) is 4.59. The zero-order valence-corrected chi connectivity index (χ0v) is 19.8. The third kappa shape index (κ3) is 3.85. The number of aliphatic hydroxyl groups is 1. The van der Waals surface area contributed by atoms with E-state index in [2.05, 4.69) is 10.4 Å². The Morgan fingerprint density at radius 2 is 2.06 bits per heavy atom. The van der Waals surface area contributed by atoms with Gasteiger partial charge in [0.1, 0.15) is 28.7 Å². The average Bonchev–Trinajstić information content (AvgIpc) is 3.36. The van der Waals surface area contributed by atoms with Gasteiger partial charge in [0.25, 0.3) is 17.7 Å². The summed E-state index contributed by atoms with van der Waals surface area (Å²) in [5, 5.41) is 17.0. The number of ether oxygens (including phenoxy) is 1. The molecule has 0 saturated carbocycles. The molecule has 3 aromatic heterocycles. The van der Waals surface area contributed by atoms with Crippen molar-refractivity contribution in [2.24, 2.45) is 0 Å². The van der Waals surface area contributed by atoms with E-state index in [9.17, 15) is 23.5 Å². The number of aromatic nitrogens is 2. The zero-order valence-electron chi connectivity index (χ0n) is 19.8. The topological polar surface area (TPSA) is 109 Å². The number of furan rings is 1. The first-order chi connectivity index (χ1) is 17.1. The number of likely N-dealkylation sites (tertiary alicyclic amines) is 1. The molecular weight excluding hydrogens is 474 g/mol. The van der Waals surface area contributed by atoms with Gasteiger partial charge < -0.3 is 24.5 Å². The molecule has 0 radical (unpaired) electrons. The normalized spacial score (nSPS) is 17.5. The Morgan fingerprint density at radius 3 is 2.78 bits per heavy atom. The molecule has 4 aromatic rings. The number of alkyl halides is 2. The number of rotatable bonds is 4. The number of benzene rings is 1. The Kier molecular flexibility index (Phi) is 5.67. The minimum absolute atomic E-state index is 0.0264. The zero-order chi connectivity index (χ0) is 25.8. The van der Waals surface area contributed by atoms with E-state index in [4.69, 9.17) is 9.15 Å². The van der Waals surface area contributed by atoms with Crippen molar-refractivity contribution < 1.29 is 32.6 Å². The van der Waals surface area contributed by atoms with Crippen molar-refractivity contribution in [3.63, 3.8) is 0 Å². The molecule has 2 N–H and O–H groups in total. The lowest BCUT2D eigenvalue weighted by Gasteiger charge is -2.35. The van der Waals surface area contributed by atoms with Crippen molar-refractivity contribution in [1.29, 1.82) is 0 Å². The van der Waals surface area contributed by atoms with Gasteiger partial charge in [0.05, 0.1) is 23.9 Å². The van der Waals surface area contributed by atoms with Crippen LogP contribution in [0.25, 0.3) is 16.5 Å². The van der Waals surface area contributed by atoms with Gasteiger partial charge in [-0.3, -0.25) is 9.59 Å². The van der Waals surface area contributed by atoms with E-state index < -0.39 is 24.5 Å². The van der Waals surface area contributed by atoms with Gasteiger partial charge in [-0.2, -0.15) is 5.10 Å². The minimum atomic E-state index is -3.37. The van der Waals surface area contributed by atoms with Crippen LogP contribution in [0.2, 0.25) is 0 Å². The largest absolute Gasteiger partial charge is 0.460 e. The number of hydrogen-bond acceptors (Lipinski definition) is 6. The monoisotopic (exact) mass is 498 g/mol. The van der Waals surface area contributed by atoms with Crippen LogP contribution in [0.5, 0.6) is 11.5 Å². The lowest BCUT2D eigenvalue weighted by molar-refractivity contribution is -0.142. The lowest BCUT2D eigenvalue weighted by Crippen LogP contribution is -2.53. The van der Waals surface area contributed by atoms with Crippen LogP contribution in [0.3, 0.4) is 0 Å². The Balaban J connectivity index is 1.48. The van der Waals surface area contributed by atoms with Crippen LogP contribution < -0.4 is 10.1 Å². The van der Waals surface area contributed by atoms with Crippen molar-refractivity contribution in [3.05, 3.63) is 59.1 Å². The molecule has 0 aliphatic carbocycles. The Morgan fingerprint density at radius 1 is 1.28 bits per heavy atom. The molecule has 36 heavy (non-hydrogen) atoms. The molecule has 0 bridgehead atoms. The predicted octanol–water partition coefficient (Wildman–Crippen LogP) is 3.69. The molecule has 0 spiro atoms. The highest BCUT2D eigenvalue weighted by molar-refractivity contribution is 6.07. The summed E-state index contributed by atoms with van der Waals surface area (Å²) < 4.78 is 41.4. The van der Waals surface area contributed by atoms with Crippen molar-refractivity contribution >= 4 is 28.3 Å². The van der Waals surface area contributed by atoms with Crippen LogP contribution in [0.15, 0.2) is 41.1 Å². The maximum absolute atomic E-state index is 14.0. The van der Waals surface area contributed by atoms with Gasteiger partial charge in [-0.1, -0.05) is 0 Å². The fraction of sp³-hybridized carbons (Fsp3) is 0.320. The second-order valence-corrected chi connectivity index (χ2v) is 8.82. The van der Waals surface area contributed by atoms with Gasteiger partial charge in [-0.05, 0) is 38.0 Å². The Hall–Kier alpha value is -3.99.